The summed E-state index contributed by atoms with van der Waals surface area (Å²) in [5, 5.41) is 11.1. The molecule has 20 heavy (non-hydrogen) atoms. The molecule has 0 spiro atoms. The summed E-state index contributed by atoms with van der Waals surface area (Å²) in [7, 11) is 0. The third-order valence-electron chi connectivity index (χ3n) is 3.29. The summed E-state index contributed by atoms with van der Waals surface area (Å²) in [4.78, 5) is 0. The highest BCUT2D eigenvalue weighted by atomic mass is 19.1. The fourth-order valence-corrected chi connectivity index (χ4v) is 2.34. The van der Waals surface area contributed by atoms with E-state index in [9.17, 15) is 9.50 Å². The summed E-state index contributed by atoms with van der Waals surface area (Å²) in [6.45, 7) is 8.33. The molecule has 2 atom stereocenters. The van der Waals surface area contributed by atoms with Gasteiger partial charge in [-0.05, 0) is 24.5 Å². The van der Waals surface area contributed by atoms with Gasteiger partial charge in [-0.1, -0.05) is 32.9 Å². The van der Waals surface area contributed by atoms with Crippen molar-refractivity contribution >= 4 is 11.0 Å². The Labute approximate surface area is 118 Å². The van der Waals surface area contributed by atoms with E-state index in [2.05, 4.69) is 0 Å². The van der Waals surface area contributed by atoms with E-state index < -0.39 is 18.0 Å². The Kier molecular flexibility index (Phi) is 4.16. The predicted octanol–water partition coefficient (Wildman–Crippen LogP) is 4.06. The van der Waals surface area contributed by atoms with Gasteiger partial charge < -0.3 is 14.3 Å². The van der Waals surface area contributed by atoms with Crippen LogP contribution in [0.5, 0.6) is 0 Å². The van der Waals surface area contributed by atoms with Gasteiger partial charge in [-0.3, -0.25) is 0 Å². The van der Waals surface area contributed by atoms with Crippen molar-refractivity contribution in [3.05, 3.63) is 35.8 Å². The molecule has 0 saturated carbocycles. The predicted molar refractivity (Wildman–Crippen MR) is 76.0 cm³/mol. The van der Waals surface area contributed by atoms with Crippen molar-refractivity contribution < 1.29 is 18.7 Å². The van der Waals surface area contributed by atoms with Crippen LogP contribution in [0.15, 0.2) is 28.7 Å². The summed E-state index contributed by atoms with van der Waals surface area (Å²) >= 11 is 0. The highest BCUT2D eigenvalue weighted by Gasteiger charge is 2.34. The van der Waals surface area contributed by atoms with Crippen molar-refractivity contribution in [2.45, 2.75) is 39.9 Å². The molecule has 1 N–H and O–H groups in total. The normalized spacial score (nSPS) is 15.5. The molecule has 2 aromatic rings. The minimum absolute atomic E-state index is 0.172. The Balaban J connectivity index is 2.38. The molecule has 2 rings (SSSR count). The van der Waals surface area contributed by atoms with Crippen LogP contribution in [0.2, 0.25) is 0 Å². The van der Waals surface area contributed by atoms with Crippen molar-refractivity contribution in [3.8, 4) is 0 Å². The van der Waals surface area contributed by atoms with Gasteiger partial charge in [0.2, 0.25) is 0 Å². The molecule has 2 unspecified atom stereocenters. The lowest BCUT2D eigenvalue weighted by molar-refractivity contribution is -0.0959. The quantitative estimate of drug-likeness (QED) is 0.918. The lowest BCUT2D eigenvalue weighted by atomic mass is 9.85. The molecule has 0 fully saturated rings. The van der Waals surface area contributed by atoms with Gasteiger partial charge in [0.15, 0.2) is 11.4 Å². The van der Waals surface area contributed by atoms with Crippen LogP contribution in [0.4, 0.5) is 4.39 Å². The van der Waals surface area contributed by atoms with E-state index in [1.165, 1.54) is 6.07 Å². The first kappa shape index (κ1) is 15.0. The third kappa shape index (κ3) is 2.86. The van der Waals surface area contributed by atoms with Gasteiger partial charge >= 0.3 is 0 Å². The van der Waals surface area contributed by atoms with Gasteiger partial charge in [0.05, 0.1) is 6.10 Å². The second kappa shape index (κ2) is 5.54. The van der Waals surface area contributed by atoms with Gasteiger partial charge in [-0.2, -0.15) is 0 Å². The van der Waals surface area contributed by atoms with E-state index in [0.29, 0.717) is 17.8 Å². The number of hydrogen-bond acceptors (Lipinski definition) is 3. The fraction of sp³-hybridized carbons (Fsp3) is 0.500. The molecule has 110 valence electrons. The number of hydrogen-bond donors (Lipinski definition) is 1. The average Bonchev–Trinajstić information content (AvgIpc) is 2.79. The molecule has 0 aliphatic rings. The minimum atomic E-state index is -0.929. The largest absolute Gasteiger partial charge is 0.455 e. The molecular weight excluding hydrogens is 259 g/mol. The number of ether oxygens (including phenoxy) is 1. The smallest absolute Gasteiger partial charge is 0.170 e. The van der Waals surface area contributed by atoms with Crippen molar-refractivity contribution in [1.82, 2.24) is 0 Å². The molecule has 1 heterocycles. The number of aliphatic hydroxyl groups excluding tert-OH is 1. The minimum Gasteiger partial charge on any atom is -0.455 e. The number of rotatable bonds is 4. The van der Waals surface area contributed by atoms with Gasteiger partial charge in [0, 0.05) is 12.0 Å². The van der Waals surface area contributed by atoms with E-state index in [0.717, 1.165) is 0 Å². The fourth-order valence-electron chi connectivity index (χ4n) is 2.34. The van der Waals surface area contributed by atoms with Gasteiger partial charge in [-0.25, -0.2) is 4.39 Å². The van der Waals surface area contributed by atoms with Crippen molar-refractivity contribution in [1.29, 1.82) is 0 Å². The number of fused-ring (bicyclic) bond motifs is 1. The van der Waals surface area contributed by atoms with E-state index in [4.69, 9.17) is 9.15 Å². The van der Waals surface area contributed by atoms with E-state index >= 15 is 0 Å². The van der Waals surface area contributed by atoms with Gasteiger partial charge in [-0.15, -0.1) is 0 Å². The Morgan fingerprint density at radius 1 is 1.35 bits per heavy atom. The second-order valence-corrected chi connectivity index (χ2v) is 5.99. The van der Waals surface area contributed by atoms with E-state index in [1.807, 2.05) is 27.7 Å². The summed E-state index contributed by atoms with van der Waals surface area (Å²) in [5.74, 6) is -0.0943. The van der Waals surface area contributed by atoms with Gasteiger partial charge in [0.1, 0.15) is 11.9 Å². The average molecular weight is 280 g/mol. The van der Waals surface area contributed by atoms with Crippen molar-refractivity contribution in [3.63, 3.8) is 0 Å². The monoisotopic (exact) mass is 280 g/mol. The molecular formula is C16H21FO3. The summed E-state index contributed by atoms with van der Waals surface area (Å²) in [5.41, 5.74) is -0.0850. The first-order valence-electron chi connectivity index (χ1n) is 6.82. The highest BCUT2D eigenvalue weighted by Crippen LogP contribution is 2.35. The van der Waals surface area contributed by atoms with Crippen LogP contribution < -0.4 is 0 Å². The first-order valence-corrected chi connectivity index (χ1v) is 6.82. The molecule has 4 heteroatoms. The number of furan rings is 1. The van der Waals surface area contributed by atoms with Crippen molar-refractivity contribution in [2.24, 2.45) is 5.41 Å². The van der Waals surface area contributed by atoms with E-state index in [-0.39, 0.29) is 11.0 Å². The topological polar surface area (TPSA) is 42.6 Å². The van der Waals surface area contributed by atoms with Crippen LogP contribution in [0.1, 0.15) is 39.6 Å². The van der Waals surface area contributed by atoms with E-state index in [1.54, 1.807) is 18.2 Å². The van der Waals surface area contributed by atoms with Gasteiger partial charge in [0.25, 0.3) is 0 Å². The highest BCUT2D eigenvalue weighted by molar-refractivity contribution is 5.78. The lowest BCUT2D eigenvalue weighted by Gasteiger charge is -2.33. The maximum Gasteiger partial charge on any atom is 0.170 e. The molecule has 0 saturated heterocycles. The Bertz CT molecular complexity index is 583. The number of aliphatic hydroxyl groups is 1. The Morgan fingerprint density at radius 3 is 2.60 bits per heavy atom. The number of para-hydroxylation sites is 1. The second-order valence-electron chi connectivity index (χ2n) is 5.99. The molecule has 1 aromatic carbocycles. The summed E-state index contributed by atoms with van der Waals surface area (Å²) in [6, 6.07) is 6.38. The first-order chi connectivity index (χ1) is 9.34. The maximum atomic E-state index is 13.6. The molecule has 0 aliphatic carbocycles. The molecule has 0 aliphatic heterocycles. The van der Waals surface area contributed by atoms with Crippen LogP contribution in [0, 0.1) is 11.2 Å². The molecule has 3 nitrogen and oxygen atoms in total. The molecule has 0 radical (unpaired) electrons. The Morgan fingerprint density at radius 2 is 2.05 bits per heavy atom. The summed E-state index contributed by atoms with van der Waals surface area (Å²) < 4.78 is 24.8. The number of halogens is 1. The van der Waals surface area contributed by atoms with Crippen LogP contribution in [0.25, 0.3) is 11.0 Å². The SMILES string of the molecule is CCOC(C(O)c1cc2cccc(F)c2o1)C(C)(C)C. The van der Waals surface area contributed by atoms with Crippen LogP contribution in [-0.2, 0) is 4.74 Å². The Hall–Kier alpha value is -1.39. The maximum absolute atomic E-state index is 13.6. The molecule has 0 bridgehead atoms. The zero-order chi connectivity index (χ0) is 14.9. The molecule has 0 amide bonds. The zero-order valence-electron chi connectivity index (χ0n) is 12.3. The standard InChI is InChI=1S/C16H21FO3/c1-5-19-15(16(2,3)4)13(18)12-9-10-7-6-8-11(17)14(10)20-12/h6-9,13,15,18H,5H2,1-4H3. The zero-order valence-corrected chi connectivity index (χ0v) is 12.3. The van der Waals surface area contributed by atoms with Crippen LogP contribution >= 0.6 is 0 Å². The summed E-state index contributed by atoms with van der Waals surface area (Å²) in [6.07, 6.45) is -1.35. The van der Waals surface area contributed by atoms with Crippen LogP contribution in [0.3, 0.4) is 0 Å². The number of benzene rings is 1. The molecule has 1 aromatic heterocycles. The third-order valence-corrected chi connectivity index (χ3v) is 3.29. The van der Waals surface area contributed by atoms with Crippen molar-refractivity contribution in [2.75, 3.05) is 6.61 Å². The van der Waals surface area contributed by atoms with Crippen LogP contribution in [-0.4, -0.2) is 17.8 Å². The lowest BCUT2D eigenvalue weighted by Crippen LogP contribution is -2.35.